The minimum absolute atomic E-state index is 0.0349. The van der Waals surface area contributed by atoms with E-state index in [0.717, 1.165) is 0 Å². The number of hydrogen-bond donors (Lipinski definition) is 3. The molecule has 2 rings (SSSR count). The Morgan fingerprint density at radius 3 is 3.00 bits per heavy atom. The first-order chi connectivity index (χ1) is 12.5. The standard InChI is InChI=1S/C16H21BN2O6S/c1-11(21)10-12-4-2-6-14(17(23)25-12)18-16(22)15(19-24-8-7-20)13-5-3-9-26-13/h2-5,9,12,14,20,23H,6-8,10H2,1H3,(H,18,22)/b19-15-/t12-,14+/m1/s1. The van der Waals surface area contributed by atoms with Gasteiger partial charge in [-0.05, 0) is 24.8 Å². The summed E-state index contributed by atoms with van der Waals surface area (Å²) in [5, 5.41) is 27.3. The minimum Gasteiger partial charge on any atom is -0.426 e. The summed E-state index contributed by atoms with van der Waals surface area (Å²) in [4.78, 5) is 29.3. The van der Waals surface area contributed by atoms with Gasteiger partial charge in [-0.1, -0.05) is 23.4 Å². The van der Waals surface area contributed by atoms with Gasteiger partial charge < -0.3 is 24.9 Å². The third-order valence-corrected chi connectivity index (χ3v) is 4.39. The molecule has 140 valence electrons. The number of ketones is 1. The Balaban J connectivity index is 2.05. The number of Topliss-reactive ketones (excluding diaryl/α,β-unsaturated/α-hetero) is 1. The lowest BCUT2D eigenvalue weighted by molar-refractivity contribution is -0.118. The fourth-order valence-electron chi connectivity index (χ4n) is 2.34. The van der Waals surface area contributed by atoms with Crippen molar-refractivity contribution in [1.82, 2.24) is 5.32 Å². The molecule has 1 amide bonds. The summed E-state index contributed by atoms with van der Waals surface area (Å²) in [5.41, 5.74) is 0.0502. The van der Waals surface area contributed by atoms with Crippen molar-refractivity contribution in [3.8, 4) is 0 Å². The van der Waals surface area contributed by atoms with Crippen LogP contribution in [0.15, 0.2) is 34.8 Å². The monoisotopic (exact) mass is 380 g/mol. The van der Waals surface area contributed by atoms with E-state index < -0.39 is 25.1 Å². The van der Waals surface area contributed by atoms with Gasteiger partial charge in [-0.3, -0.25) is 9.59 Å². The average Bonchev–Trinajstić information content (AvgIpc) is 3.05. The van der Waals surface area contributed by atoms with Crippen LogP contribution >= 0.6 is 11.3 Å². The third kappa shape index (κ3) is 6.06. The molecule has 1 aromatic rings. The minimum atomic E-state index is -1.26. The van der Waals surface area contributed by atoms with E-state index in [1.165, 1.54) is 18.3 Å². The number of nitrogens with one attached hydrogen (secondary N) is 1. The second kappa shape index (κ2) is 10.2. The SMILES string of the molecule is CC(=O)C[C@H]1C=CC[C@H](NC(=O)/C(=N\OCCO)c2cccs2)B(O)O1. The average molecular weight is 380 g/mol. The topological polar surface area (TPSA) is 117 Å². The molecule has 2 heterocycles. The van der Waals surface area contributed by atoms with Gasteiger partial charge in [0.1, 0.15) is 12.4 Å². The number of amides is 1. The predicted molar refractivity (Wildman–Crippen MR) is 97.7 cm³/mol. The Hall–Kier alpha value is -2.01. The van der Waals surface area contributed by atoms with Gasteiger partial charge in [0.2, 0.25) is 0 Å². The second-order valence-corrected chi connectivity index (χ2v) is 6.64. The highest BCUT2D eigenvalue weighted by molar-refractivity contribution is 7.13. The number of aliphatic hydroxyl groups is 1. The summed E-state index contributed by atoms with van der Waals surface area (Å²) >= 11 is 1.31. The summed E-state index contributed by atoms with van der Waals surface area (Å²) in [6, 6.07) is 3.49. The molecular formula is C16H21BN2O6S. The molecule has 0 spiro atoms. The first kappa shape index (κ1) is 20.3. The highest BCUT2D eigenvalue weighted by atomic mass is 32.1. The molecule has 0 radical (unpaired) electrons. The van der Waals surface area contributed by atoms with E-state index in [2.05, 4.69) is 10.5 Å². The van der Waals surface area contributed by atoms with Crippen molar-refractivity contribution in [2.24, 2.45) is 5.16 Å². The highest BCUT2D eigenvalue weighted by Gasteiger charge is 2.33. The smallest absolute Gasteiger partial charge is 0.426 e. The van der Waals surface area contributed by atoms with Crippen LogP contribution in [0.4, 0.5) is 0 Å². The third-order valence-electron chi connectivity index (χ3n) is 3.51. The Morgan fingerprint density at radius 1 is 1.54 bits per heavy atom. The van der Waals surface area contributed by atoms with Crippen LogP contribution in [0.3, 0.4) is 0 Å². The lowest BCUT2D eigenvalue weighted by atomic mass is 9.77. The van der Waals surface area contributed by atoms with E-state index in [9.17, 15) is 14.6 Å². The molecule has 26 heavy (non-hydrogen) atoms. The molecule has 0 aliphatic carbocycles. The number of carbonyl (C=O) groups excluding carboxylic acids is 2. The fourth-order valence-corrected chi connectivity index (χ4v) is 3.04. The van der Waals surface area contributed by atoms with Crippen LogP contribution in [0.25, 0.3) is 0 Å². The summed E-state index contributed by atoms with van der Waals surface area (Å²) in [6.07, 6.45) is 3.44. The van der Waals surface area contributed by atoms with Crippen molar-refractivity contribution in [3.05, 3.63) is 34.5 Å². The maximum absolute atomic E-state index is 12.6. The number of hydrogen-bond acceptors (Lipinski definition) is 8. The van der Waals surface area contributed by atoms with Gasteiger partial charge in [-0.15, -0.1) is 11.3 Å². The molecule has 1 aromatic heterocycles. The molecule has 0 unspecified atom stereocenters. The van der Waals surface area contributed by atoms with E-state index in [-0.39, 0.29) is 31.1 Å². The van der Waals surface area contributed by atoms with Crippen LogP contribution < -0.4 is 5.32 Å². The lowest BCUT2D eigenvalue weighted by Gasteiger charge is -2.20. The molecule has 2 atom stereocenters. The van der Waals surface area contributed by atoms with Gasteiger partial charge in [-0.2, -0.15) is 0 Å². The number of aliphatic hydroxyl groups excluding tert-OH is 1. The number of carbonyl (C=O) groups is 2. The largest absolute Gasteiger partial charge is 0.478 e. The molecule has 1 aliphatic heterocycles. The van der Waals surface area contributed by atoms with Crippen LogP contribution in [0.2, 0.25) is 0 Å². The number of oxime groups is 1. The number of nitrogens with zero attached hydrogens (tertiary/aromatic N) is 1. The molecular weight excluding hydrogens is 359 g/mol. The van der Waals surface area contributed by atoms with Crippen LogP contribution in [0.1, 0.15) is 24.6 Å². The predicted octanol–water partition coefficient (Wildman–Crippen LogP) is 0.290. The zero-order valence-corrected chi connectivity index (χ0v) is 15.1. The Morgan fingerprint density at radius 2 is 2.35 bits per heavy atom. The first-order valence-electron chi connectivity index (χ1n) is 8.16. The number of rotatable bonds is 8. The van der Waals surface area contributed by atoms with Crippen LogP contribution in [0.5, 0.6) is 0 Å². The van der Waals surface area contributed by atoms with E-state index in [4.69, 9.17) is 14.6 Å². The van der Waals surface area contributed by atoms with Crippen LogP contribution in [-0.2, 0) is 19.1 Å². The maximum Gasteiger partial charge on any atom is 0.478 e. The number of thiophene rings is 1. The second-order valence-electron chi connectivity index (χ2n) is 5.69. The summed E-state index contributed by atoms with van der Waals surface area (Å²) in [7, 11) is -1.26. The van der Waals surface area contributed by atoms with Gasteiger partial charge in [0.25, 0.3) is 5.91 Å². The Kier molecular flexibility index (Phi) is 7.98. The van der Waals surface area contributed by atoms with Crippen molar-refractivity contribution in [1.29, 1.82) is 0 Å². The fraction of sp³-hybridized carbons (Fsp3) is 0.438. The summed E-state index contributed by atoms with van der Waals surface area (Å²) in [6.45, 7) is 1.19. The molecule has 8 nitrogen and oxygen atoms in total. The molecule has 0 bridgehead atoms. The van der Waals surface area contributed by atoms with Crippen LogP contribution in [0, 0.1) is 0 Å². The van der Waals surface area contributed by atoms with Gasteiger partial charge in [0, 0.05) is 6.42 Å². The van der Waals surface area contributed by atoms with Gasteiger partial charge in [0.05, 0.1) is 23.5 Å². The summed E-state index contributed by atoms with van der Waals surface area (Å²) < 4.78 is 5.44. The Bertz CT molecular complexity index is 664. The normalized spacial score (nSPS) is 20.6. The molecule has 0 saturated heterocycles. The van der Waals surface area contributed by atoms with E-state index in [1.54, 1.807) is 29.7 Å². The van der Waals surface area contributed by atoms with Crippen molar-refractivity contribution < 1.29 is 29.2 Å². The van der Waals surface area contributed by atoms with Crippen molar-refractivity contribution in [3.63, 3.8) is 0 Å². The van der Waals surface area contributed by atoms with Crippen LogP contribution in [-0.4, -0.2) is 59.9 Å². The molecule has 10 heteroatoms. The van der Waals surface area contributed by atoms with Gasteiger partial charge in [-0.25, -0.2) is 0 Å². The van der Waals surface area contributed by atoms with E-state index >= 15 is 0 Å². The molecule has 3 N–H and O–H groups in total. The van der Waals surface area contributed by atoms with Crippen molar-refractivity contribution in [2.75, 3.05) is 13.2 Å². The van der Waals surface area contributed by atoms with Crippen molar-refractivity contribution in [2.45, 2.75) is 31.8 Å². The Labute approximate surface area is 155 Å². The highest BCUT2D eigenvalue weighted by Crippen LogP contribution is 2.14. The summed E-state index contributed by atoms with van der Waals surface area (Å²) in [5.74, 6) is -1.28. The molecule has 0 aromatic carbocycles. The lowest BCUT2D eigenvalue weighted by Crippen LogP contribution is -2.50. The van der Waals surface area contributed by atoms with E-state index in [0.29, 0.717) is 11.3 Å². The molecule has 1 aliphatic rings. The van der Waals surface area contributed by atoms with E-state index in [1.807, 2.05) is 0 Å². The molecule has 0 saturated carbocycles. The zero-order chi connectivity index (χ0) is 18.9. The zero-order valence-electron chi connectivity index (χ0n) is 14.3. The van der Waals surface area contributed by atoms with Crippen molar-refractivity contribution >= 4 is 35.9 Å². The quantitative estimate of drug-likeness (QED) is 0.196. The molecule has 0 fully saturated rings. The van der Waals surface area contributed by atoms with Gasteiger partial charge >= 0.3 is 7.12 Å². The maximum atomic E-state index is 12.6. The van der Waals surface area contributed by atoms with Gasteiger partial charge in [0.15, 0.2) is 5.71 Å². The first-order valence-corrected chi connectivity index (χ1v) is 9.04.